The van der Waals surface area contributed by atoms with Crippen LogP contribution in [0, 0.1) is 0 Å². The van der Waals surface area contributed by atoms with Crippen molar-refractivity contribution in [2.75, 3.05) is 5.75 Å². The molecule has 0 aromatic heterocycles. The number of aromatic hydroxyl groups is 1. The van der Waals surface area contributed by atoms with Crippen LogP contribution in [-0.4, -0.2) is 10.9 Å². The van der Waals surface area contributed by atoms with Gasteiger partial charge in [-0.3, -0.25) is 0 Å². The number of rotatable bonds is 0. The van der Waals surface area contributed by atoms with Crippen LogP contribution in [0.25, 0.3) is 11.1 Å². The standard InChI is InChI=1S/C17H14OS/c18-12-6-5-11-9-16-13(15(11)10-12)7-8-19-17-4-2-1-3-14(16)17/h1-6,10,18H,7-9H2. The van der Waals surface area contributed by atoms with Gasteiger partial charge < -0.3 is 5.11 Å². The van der Waals surface area contributed by atoms with Gasteiger partial charge in [0.05, 0.1) is 0 Å². The molecule has 0 spiro atoms. The molecule has 2 heteroatoms. The van der Waals surface area contributed by atoms with E-state index in [0.717, 1.165) is 18.6 Å². The summed E-state index contributed by atoms with van der Waals surface area (Å²) in [6, 6.07) is 14.5. The molecule has 4 rings (SSSR count). The Kier molecular flexibility index (Phi) is 2.46. The average Bonchev–Trinajstić information content (AvgIpc) is 2.67. The van der Waals surface area contributed by atoms with Crippen molar-refractivity contribution in [3.05, 3.63) is 59.2 Å². The molecule has 1 N–H and O–H groups in total. The minimum Gasteiger partial charge on any atom is -0.508 e. The van der Waals surface area contributed by atoms with Crippen LogP contribution >= 0.6 is 11.8 Å². The molecule has 1 nitrogen and oxygen atoms in total. The highest BCUT2D eigenvalue weighted by Crippen LogP contribution is 2.46. The summed E-state index contributed by atoms with van der Waals surface area (Å²) in [6.07, 6.45) is 2.09. The molecule has 1 aliphatic carbocycles. The lowest BCUT2D eigenvalue weighted by Gasteiger charge is -2.07. The largest absolute Gasteiger partial charge is 0.508 e. The molecule has 19 heavy (non-hydrogen) atoms. The first kappa shape index (κ1) is 11.2. The second-order valence-corrected chi connectivity index (χ2v) is 6.21. The molecule has 0 atom stereocenters. The minimum atomic E-state index is 0.373. The van der Waals surface area contributed by atoms with Gasteiger partial charge in [-0.2, -0.15) is 0 Å². The number of hydrogen-bond acceptors (Lipinski definition) is 2. The second-order valence-electron chi connectivity index (χ2n) is 5.07. The average molecular weight is 266 g/mol. The number of phenols is 1. The zero-order chi connectivity index (χ0) is 12.8. The summed E-state index contributed by atoms with van der Waals surface area (Å²) in [5.74, 6) is 1.49. The number of fused-ring (bicyclic) bond motifs is 4. The van der Waals surface area contributed by atoms with Crippen LogP contribution in [0.15, 0.2) is 47.4 Å². The Bertz CT molecular complexity index is 700. The van der Waals surface area contributed by atoms with Gasteiger partial charge in [-0.1, -0.05) is 24.3 Å². The molecule has 0 saturated carbocycles. The monoisotopic (exact) mass is 266 g/mol. The number of hydrogen-bond donors (Lipinski definition) is 1. The highest BCUT2D eigenvalue weighted by atomic mass is 32.2. The van der Waals surface area contributed by atoms with Gasteiger partial charge in [0, 0.05) is 10.6 Å². The quantitative estimate of drug-likeness (QED) is 0.764. The Morgan fingerprint density at radius 2 is 1.84 bits per heavy atom. The van der Waals surface area contributed by atoms with E-state index >= 15 is 0 Å². The van der Waals surface area contributed by atoms with Crippen molar-refractivity contribution in [2.24, 2.45) is 0 Å². The molecule has 0 bridgehead atoms. The smallest absolute Gasteiger partial charge is 0.116 e. The number of phenolic OH excluding ortho intramolecular Hbond substituents is 1. The van der Waals surface area contributed by atoms with Gasteiger partial charge in [0.15, 0.2) is 0 Å². The Morgan fingerprint density at radius 1 is 0.947 bits per heavy atom. The Balaban J connectivity index is 1.94. The van der Waals surface area contributed by atoms with Crippen molar-refractivity contribution in [1.29, 1.82) is 0 Å². The van der Waals surface area contributed by atoms with Gasteiger partial charge in [0.1, 0.15) is 5.75 Å². The number of allylic oxidation sites excluding steroid dienone is 2. The molecule has 0 radical (unpaired) electrons. The molecular formula is C17H14OS. The molecule has 0 unspecified atom stereocenters. The summed E-state index contributed by atoms with van der Waals surface area (Å²) in [6.45, 7) is 0. The molecule has 94 valence electrons. The third-order valence-corrected chi connectivity index (χ3v) is 5.05. The van der Waals surface area contributed by atoms with Crippen molar-refractivity contribution < 1.29 is 5.11 Å². The van der Waals surface area contributed by atoms with Gasteiger partial charge in [0.2, 0.25) is 0 Å². The van der Waals surface area contributed by atoms with Gasteiger partial charge >= 0.3 is 0 Å². The summed E-state index contributed by atoms with van der Waals surface area (Å²) in [5.41, 5.74) is 6.89. The van der Waals surface area contributed by atoms with Crippen LogP contribution in [0.4, 0.5) is 0 Å². The fourth-order valence-electron chi connectivity index (χ4n) is 3.11. The molecule has 2 aliphatic rings. The molecule has 1 aliphatic heterocycles. The van der Waals surface area contributed by atoms with Crippen molar-refractivity contribution in [2.45, 2.75) is 17.7 Å². The van der Waals surface area contributed by atoms with Crippen LogP contribution in [0.5, 0.6) is 5.75 Å². The van der Waals surface area contributed by atoms with Crippen LogP contribution < -0.4 is 0 Å². The topological polar surface area (TPSA) is 20.2 Å². The summed E-state index contributed by atoms with van der Waals surface area (Å²) < 4.78 is 0. The van der Waals surface area contributed by atoms with E-state index in [1.165, 1.54) is 32.7 Å². The Labute approximate surface area is 117 Å². The predicted molar refractivity (Wildman–Crippen MR) is 80.4 cm³/mol. The maximum atomic E-state index is 9.72. The lowest BCUT2D eigenvalue weighted by molar-refractivity contribution is 0.475. The molecule has 0 amide bonds. The van der Waals surface area contributed by atoms with Gasteiger partial charge in [-0.05, 0) is 58.9 Å². The first-order valence-electron chi connectivity index (χ1n) is 6.59. The van der Waals surface area contributed by atoms with Gasteiger partial charge in [-0.15, -0.1) is 11.8 Å². The Morgan fingerprint density at radius 3 is 2.79 bits per heavy atom. The summed E-state index contributed by atoms with van der Waals surface area (Å²) in [5, 5.41) is 9.72. The number of thioether (sulfide) groups is 1. The summed E-state index contributed by atoms with van der Waals surface area (Å²) in [7, 11) is 0. The predicted octanol–water partition coefficient (Wildman–Crippen LogP) is 4.35. The SMILES string of the molecule is Oc1ccc2c(c1)C1=C(C2)c2ccccc2SCC1. The van der Waals surface area contributed by atoms with Crippen molar-refractivity contribution in [3.63, 3.8) is 0 Å². The lowest BCUT2D eigenvalue weighted by Crippen LogP contribution is -1.88. The van der Waals surface area contributed by atoms with E-state index in [4.69, 9.17) is 0 Å². The maximum absolute atomic E-state index is 9.72. The zero-order valence-corrected chi connectivity index (χ0v) is 11.3. The highest BCUT2D eigenvalue weighted by molar-refractivity contribution is 7.99. The zero-order valence-electron chi connectivity index (χ0n) is 10.5. The molecule has 2 aromatic rings. The van der Waals surface area contributed by atoms with Crippen LogP contribution in [-0.2, 0) is 6.42 Å². The van der Waals surface area contributed by atoms with E-state index in [2.05, 4.69) is 30.3 Å². The molecule has 1 heterocycles. The van der Waals surface area contributed by atoms with E-state index in [-0.39, 0.29) is 0 Å². The first-order valence-corrected chi connectivity index (χ1v) is 7.58. The van der Waals surface area contributed by atoms with E-state index in [1.807, 2.05) is 17.8 Å². The highest BCUT2D eigenvalue weighted by Gasteiger charge is 2.26. The van der Waals surface area contributed by atoms with Crippen LogP contribution in [0.3, 0.4) is 0 Å². The minimum absolute atomic E-state index is 0.373. The van der Waals surface area contributed by atoms with Gasteiger partial charge in [-0.25, -0.2) is 0 Å². The summed E-state index contributed by atoms with van der Waals surface area (Å²) >= 11 is 1.94. The molecule has 0 saturated heterocycles. The Hall–Kier alpha value is -1.67. The third kappa shape index (κ3) is 1.71. The maximum Gasteiger partial charge on any atom is 0.116 e. The van der Waals surface area contributed by atoms with Crippen LogP contribution in [0.1, 0.15) is 23.1 Å². The first-order chi connectivity index (χ1) is 9.33. The van der Waals surface area contributed by atoms with Crippen molar-refractivity contribution in [3.8, 4) is 5.75 Å². The molecule has 0 fully saturated rings. The van der Waals surface area contributed by atoms with Crippen molar-refractivity contribution in [1.82, 2.24) is 0 Å². The van der Waals surface area contributed by atoms with E-state index < -0.39 is 0 Å². The lowest BCUT2D eigenvalue weighted by atomic mass is 9.99. The van der Waals surface area contributed by atoms with E-state index in [0.29, 0.717) is 5.75 Å². The fraction of sp³-hybridized carbons (Fsp3) is 0.176. The van der Waals surface area contributed by atoms with E-state index in [9.17, 15) is 5.11 Å². The van der Waals surface area contributed by atoms with Crippen LogP contribution in [0.2, 0.25) is 0 Å². The third-order valence-electron chi connectivity index (χ3n) is 3.97. The number of benzene rings is 2. The normalized spacial score (nSPS) is 16.6. The van der Waals surface area contributed by atoms with Crippen molar-refractivity contribution >= 4 is 22.9 Å². The van der Waals surface area contributed by atoms with Gasteiger partial charge in [0.25, 0.3) is 0 Å². The summed E-state index contributed by atoms with van der Waals surface area (Å²) in [4.78, 5) is 1.39. The molecule has 2 aromatic carbocycles. The molecular weight excluding hydrogens is 252 g/mol. The van der Waals surface area contributed by atoms with E-state index in [1.54, 1.807) is 6.07 Å². The second kappa shape index (κ2) is 4.17. The fourth-order valence-corrected chi connectivity index (χ4v) is 4.16.